The summed E-state index contributed by atoms with van der Waals surface area (Å²) >= 11 is 0. The number of allylic oxidation sites excluding steroid dienone is 1. The van der Waals surface area contributed by atoms with Crippen LogP contribution in [-0.2, 0) is 11.3 Å². The number of benzene rings is 1. The van der Waals surface area contributed by atoms with E-state index in [1.165, 1.54) is 7.11 Å². The van der Waals surface area contributed by atoms with Crippen LogP contribution in [0.15, 0.2) is 28.8 Å². The standard InChI is InChI=1S/C17H19NO5/c1-5-6-12-8-13(9-15(20-3)16(12)21-4)17(19)22-10-14-7-11(2)18-23-14/h5-9H,10H2,1-4H3/b6-5+. The third-order valence-corrected chi connectivity index (χ3v) is 3.11. The molecule has 0 atom stereocenters. The maximum absolute atomic E-state index is 12.2. The molecule has 0 saturated carbocycles. The SMILES string of the molecule is C/C=C/c1cc(C(=O)OCc2cc(C)no2)cc(OC)c1OC. The van der Waals surface area contributed by atoms with E-state index < -0.39 is 5.97 Å². The van der Waals surface area contributed by atoms with Crippen molar-refractivity contribution in [3.05, 3.63) is 46.9 Å². The molecule has 122 valence electrons. The summed E-state index contributed by atoms with van der Waals surface area (Å²) in [4.78, 5) is 12.2. The number of aromatic nitrogens is 1. The molecule has 0 amide bonds. The second kappa shape index (κ2) is 7.49. The highest BCUT2D eigenvalue weighted by molar-refractivity contribution is 5.91. The maximum Gasteiger partial charge on any atom is 0.338 e. The largest absolute Gasteiger partial charge is 0.493 e. The van der Waals surface area contributed by atoms with Crippen molar-refractivity contribution < 1.29 is 23.5 Å². The number of carbonyl (C=O) groups is 1. The number of esters is 1. The molecule has 1 heterocycles. The van der Waals surface area contributed by atoms with Gasteiger partial charge in [0.15, 0.2) is 23.9 Å². The lowest BCUT2D eigenvalue weighted by atomic mass is 10.1. The van der Waals surface area contributed by atoms with E-state index in [0.29, 0.717) is 22.8 Å². The number of hydrogen-bond acceptors (Lipinski definition) is 6. The average Bonchev–Trinajstić information content (AvgIpc) is 2.97. The van der Waals surface area contributed by atoms with Gasteiger partial charge in [0.2, 0.25) is 0 Å². The van der Waals surface area contributed by atoms with Crippen molar-refractivity contribution in [1.29, 1.82) is 0 Å². The second-order valence-electron chi connectivity index (χ2n) is 4.81. The molecular formula is C17H19NO5. The lowest BCUT2D eigenvalue weighted by Crippen LogP contribution is -2.06. The van der Waals surface area contributed by atoms with E-state index in [0.717, 1.165) is 11.3 Å². The molecule has 0 aliphatic rings. The Kier molecular flexibility index (Phi) is 5.41. The van der Waals surface area contributed by atoms with Crippen LogP contribution in [0, 0.1) is 6.92 Å². The molecule has 23 heavy (non-hydrogen) atoms. The number of methoxy groups -OCH3 is 2. The van der Waals surface area contributed by atoms with E-state index in [1.54, 1.807) is 32.2 Å². The summed E-state index contributed by atoms with van der Waals surface area (Å²) in [6.07, 6.45) is 3.68. The van der Waals surface area contributed by atoms with E-state index in [2.05, 4.69) is 5.16 Å². The first-order valence-corrected chi connectivity index (χ1v) is 7.07. The van der Waals surface area contributed by atoms with E-state index >= 15 is 0 Å². The normalized spacial score (nSPS) is 10.8. The Balaban J connectivity index is 2.23. The van der Waals surface area contributed by atoms with Gasteiger partial charge in [0, 0.05) is 11.6 Å². The Morgan fingerprint density at radius 3 is 2.61 bits per heavy atom. The van der Waals surface area contributed by atoms with E-state index in [1.807, 2.05) is 19.1 Å². The Hall–Kier alpha value is -2.76. The van der Waals surface area contributed by atoms with Crippen LogP contribution >= 0.6 is 0 Å². The van der Waals surface area contributed by atoms with Gasteiger partial charge in [-0.15, -0.1) is 0 Å². The van der Waals surface area contributed by atoms with Crippen molar-refractivity contribution in [2.45, 2.75) is 20.5 Å². The van der Waals surface area contributed by atoms with Crippen LogP contribution in [0.3, 0.4) is 0 Å². The molecule has 0 radical (unpaired) electrons. The highest BCUT2D eigenvalue weighted by Gasteiger charge is 2.16. The summed E-state index contributed by atoms with van der Waals surface area (Å²) in [5.74, 6) is 1.04. The highest BCUT2D eigenvalue weighted by Crippen LogP contribution is 2.33. The fourth-order valence-electron chi connectivity index (χ4n) is 2.12. The summed E-state index contributed by atoms with van der Waals surface area (Å²) in [7, 11) is 3.07. The molecule has 0 aliphatic carbocycles. The molecule has 6 heteroatoms. The van der Waals surface area contributed by atoms with Gasteiger partial charge in [-0.1, -0.05) is 17.3 Å². The second-order valence-corrected chi connectivity index (χ2v) is 4.81. The number of aryl methyl sites for hydroxylation is 1. The van der Waals surface area contributed by atoms with Gasteiger partial charge in [-0.25, -0.2) is 4.79 Å². The number of rotatable bonds is 6. The van der Waals surface area contributed by atoms with Gasteiger partial charge in [-0.3, -0.25) is 0 Å². The molecular weight excluding hydrogens is 298 g/mol. The zero-order valence-corrected chi connectivity index (χ0v) is 13.6. The number of hydrogen-bond donors (Lipinski definition) is 0. The summed E-state index contributed by atoms with van der Waals surface area (Å²) in [5.41, 5.74) is 1.83. The van der Waals surface area contributed by atoms with E-state index in [9.17, 15) is 4.79 Å². The molecule has 2 rings (SSSR count). The van der Waals surface area contributed by atoms with Crippen molar-refractivity contribution in [1.82, 2.24) is 5.16 Å². The summed E-state index contributed by atoms with van der Waals surface area (Å²) < 4.78 is 20.9. The summed E-state index contributed by atoms with van der Waals surface area (Å²) in [5, 5.41) is 3.74. The first-order chi connectivity index (χ1) is 11.1. The number of carbonyl (C=O) groups excluding carboxylic acids is 1. The predicted octanol–water partition coefficient (Wildman–Crippen LogP) is 3.39. The predicted molar refractivity (Wildman–Crippen MR) is 84.6 cm³/mol. The molecule has 6 nitrogen and oxygen atoms in total. The maximum atomic E-state index is 12.2. The van der Waals surface area contributed by atoms with Crippen LogP contribution in [0.4, 0.5) is 0 Å². The zero-order valence-electron chi connectivity index (χ0n) is 13.6. The van der Waals surface area contributed by atoms with Crippen LogP contribution in [0.1, 0.15) is 34.3 Å². The van der Waals surface area contributed by atoms with Gasteiger partial charge >= 0.3 is 5.97 Å². The Morgan fingerprint density at radius 1 is 1.26 bits per heavy atom. The van der Waals surface area contributed by atoms with Gasteiger partial charge in [0.25, 0.3) is 0 Å². The molecule has 2 aromatic rings. The van der Waals surface area contributed by atoms with Crippen molar-refractivity contribution in [3.8, 4) is 11.5 Å². The van der Waals surface area contributed by atoms with Crippen molar-refractivity contribution in [2.24, 2.45) is 0 Å². The van der Waals surface area contributed by atoms with Crippen LogP contribution in [0.5, 0.6) is 11.5 Å². The van der Waals surface area contributed by atoms with Crippen LogP contribution in [0.2, 0.25) is 0 Å². The first-order valence-electron chi connectivity index (χ1n) is 7.07. The Morgan fingerprint density at radius 2 is 2.04 bits per heavy atom. The highest BCUT2D eigenvalue weighted by atomic mass is 16.5. The van der Waals surface area contributed by atoms with Crippen LogP contribution < -0.4 is 9.47 Å². The van der Waals surface area contributed by atoms with Crippen molar-refractivity contribution in [3.63, 3.8) is 0 Å². The topological polar surface area (TPSA) is 70.8 Å². The van der Waals surface area contributed by atoms with Gasteiger partial charge in [0.05, 0.1) is 25.5 Å². The Bertz CT molecular complexity index is 718. The van der Waals surface area contributed by atoms with Crippen molar-refractivity contribution in [2.75, 3.05) is 14.2 Å². The summed E-state index contributed by atoms with van der Waals surface area (Å²) in [6, 6.07) is 4.99. The smallest absolute Gasteiger partial charge is 0.338 e. The van der Waals surface area contributed by atoms with E-state index in [-0.39, 0.29) is 6.61 Å². The molecule has 1 aromatic heterocycles. The Labute approximate surface area is 134 Å². The monoisotopic (exact) mass is 317 g/mol. The molecule has 0 spiro atoms. The fraction of sp³-hybridized carbons (Fsp3) is 0.294. The lowest BCUT2D eigenvalue weighted by Gasteiger charge is -2.12. The van der Waals surface area contributed by atoms with Gasteiger partial charge < -0.3 is 18.7 Å². The zero-order chi connectivity index (χ0) is 16.8. The van der Waals surface area contributed by atoms with Gasteiger partial charge in [-0.2, -0.15) is 0 Å². The number of ether oxygens (including phenoxy) is 3. The third kappa shape index (κ3) is 3.91. The third-order valence-electron chi connectivity index (χ3n) is 3.11. The fourth-order valence-corrected chi connectivity index (χ4v) is 2.12. The molecule has 1 aromatic carbocycles. The van der Waals surface area contributed by atoms with Crippen LogP contribution in [0.25, 0.3) is 6.08 Å². The quantitative estimate of drug-likeness (QED) is 0.761. The lowest BCUT2D eigenvalue weighted by molar-refractivity contribution is 0.0437. The molecule has 0 unspecified atom stereocenters. The first kappa shape index (κ1) is 16.6. The molecule has 0 saturated heterocycles. The van der Waals surface area contributed by atoms with Crippen LogP contribution in [-0.4, -0.2) is 25.3 Å². The molecule has 0 aliphatic heterocycles. The molecule has 0 fully saturated rings. The summed E-state index contributed by atoms with van der Waals surface area (Å²) in [6.45, 7) is 3.70. The average molecular weight is 317 g/mol. The minimum absolute atomic E-state index is 0.0208. The van der Waals surface area contributed by atoms with Gasteiger partial charge in [0.1, 0.15) is 0 Å². The minimum Gasteiger partial charge on any atom is -0.493 e. The van der Waals surface area contributed by atoms with Gasteiger partial charge in [-0.05, 0) is 26.0 Å². The van der Waals surface area contributed by atoms with Crippen molar-refractivity contribution >= 4 is 12.0 Å². The minimum atomic E-state index is -0.481. The van der Waals surface area contributed by atoms with E-state index in [4.69, 9.17) is 18.7 Å². The molecule has 0 N–H and O–H groups in total. The number of nitrogens with zero attached hydrogens (tertiary/aromatic N) is 1. The molecule has 0 bridgehead atoms.